The number of aliphatic carboxylic acids is 1. The summed E-state index contributed by atoms with van der Waals surface area (Å²) < 4.78 is 5.53. The van der Waals surface area contributed by atoms with Gasteiger partial charge in [-0.1, -0.05) is 0 Å². The van der Waals surface area contributed by atoms with E-state index in [0.717, 1.165) is 45.4 Å². The highest BCUT2D eigenvalue weighted by Crippen LogP contribution is 2.23. The summed E-state index contributed by atoms with van der Waals surface area (Å²) in [5, 5.41) is 11.8. The molecule has 0 spiro atoms. The molecule has 6 nitrogen and oxygen atoms in total. The number of carbonyl (C=O) groups excluding carboxylic acids is 1. The van der Waals surface area contributed by atoms with Crippen LogP contribution < -0.4 is 5.32 Å². The summed E-state index contributed by atoms with van der Waals surface area (Å²) in [4.78, 5) is 24.1. The highest BCUT2D eigenvalue weighted by molar-refractivity contribution is 5.73. The SMILES string of the molecule is CC(=O)NCC1CCN(CC2CCC(C(=O)O)O2)CC1. The summed E-state index contributed by atoms with van der Waals surface area (Å²) in [6.45, 7) is 5.15. The van der Waals surface area contributed by atoms with Crippen LogP contribution in [0.2, 0.25) is 0 Å². The fourth-order valence-electron chi connectivity index (χ4n) is 2.97. The highest BCUT2D eigenvalue weighted by Gasteiger charge is 2.32. The van der Waals surface area contributed by atoms with Crippen molar-refractivity contribution in [2.24, 2.45) is 5.92 Å². The fraction of sp³-hybridized carbons (Fsp3) is 0.857. The van der Waals surface area contributed by atoms with E-state index in [-0.39, 0.29) is 12.0 Å². The van der Waals surface area contributed by atoms with Crippen molar-refractivity contribution in [1.82, 2.24) is 10.2 Å². The van der Waals surface area contributed by atoms with Crippen LogP contribution in [0.15, 0.2) is 0 Å². The Bertz CT molecular complexity index is 353. The van der Waals surface area contributed by atoms with Crippen molar-refractivity contribution in [3.63, 3.8) is 0 Å². The molecule has 2 unspecified atom stereocenters. The van der Waals surface area contributed by atoms with Gasteiger partial charge in [-0.2, -0.15) is 0 Å². The van der Waals surface area contributed by atoms with Gasteiger partial charge < -0.3 is 20.1 Å². The zero-order chi connectivity index (χ0) is 14.5. The van der Waals surface area contributed by atoms with Crippen LogP contribution in [0.5, 0.6) is 0 Å². The van der Waals surface area contributed by atoms with Crippen LogP contribution in [0, 0.1) is 5.92 Å². The molecule has 6 heteroatoms. The average Bonchev–Trinajstić information content (AvgIpc) is 2.86. The molecule has 20 heavy (non-hydrogen) atoms. The van der Waals surface area contributed by atoms with Crippen molar-refractivity contribution in [2.45, 2.75) is 44.8 Å². The van der Waals surface area contributed by atoms with Gasteiger partial charge in [0.1, 0.15) is 0 Å². The second kappa shape index (κ2) is 7.04. The first kappa shape index (κ1) is 15.3. The average molecular weight is 284 g/mol. The number of likely N-dealkylation sites (tertiary alicyclic amines) is 1. The van der Waals surface area contributed by atoms with Crippen LogP contribution >= 0.6 is 0 Å². The third-order valence-electron chi connectivity index (χ3n) is 4.19. The Morgan fingerprint density at radius 3 is 2.50 bits per heavy atom. The van der Waals surface area contributed by atoms with E-state index in [1.165, 1.54) is 0 Å². The number of amides is 1. The molecular weight excluding hydrogens is 260 g/mol. The highest BCUT2D eigenvalue weighted by atomic mass is 16.5. The van der Waals surface area contributed by atoms with Gasteiger partial charge in [-0.05, 0) is 44.7 Å². The minimum Gasteiger partial charge on any atom is -0.479 e. The monoisotopic (exact) mass is 284 g/mol. The molecule has 1 amide bonds. The summed E-state index contributed by atoms with van der Waals surface area (Å²) in [5.74, 6) is -0.251. The predicted molar refractivity (Wildman–Crippen MR) is 73.4 cm³/mol. The summed E-state index contributed by atoms with van der Waals surface area (Å²) in [7, 11) is 0. The Labute approximate surface area is 119 Å². The van der Waals surface area contributed by atoms with Crippen LogP contribution in [0.25, 0.3) is 0 Å². The van der Waals surface area contributed by atoms with E-state index >= 15 is 0 Å². The van der Waals surface area contributed by atoms with Crippen LogP contribution in [0.1, 0.15) is 32.6 Å². The van der Waals surface area contributed by atoms with Gasteiger partial charge in [0.05, 0.1) is 6.10 Å². The Hall–Kier alpha value is -1.14. The summed E-state index contributed by atoms with van der Waals surface area (Å²) in [6.07, 6.45) is 3.06. The van der Waals surface area contributed by atoms with Gasteiger partial charge in [0.25, 0.3) is 0 Å². The van der Waals surface area contributed by atoms with E-state index in [4.69, 9.17) is 9.84 Å². The Balaban J connectivity index is 1.65. The number of carboxylic acid groups (broad SMARTS) is 1. The fourth-order valence-corrected chi connectivity index (χ4v) is 2.97. The number of carboxylic acids is 1. The molecule has 0 aromatic rings. The third-order valence-corrected chi connectivity index (χ3v) is 4.19. The minimum absolute atomic E-state index is 0.0338. The van der Waals surface area contributed by atoms with Gasteiger partial charge in [0.2, 0.25) is 5.91 Å². The molecule has 2 rings (SSSR count). The molecule has 2 N–H and O–H groups in total. The number of nitrogens with one attached hydrogen (secondary N) is 1. The van der Waals surface area contributed by atoms with E-state index in [1.54, 1.807) is 6.92 Å². The number of hydrogen-bond acceptors (Lipinski definition) is 4. The van der Waals surface area contributed by atoms with Gasteiger partial charge in [0, 0.05) is 20.0 Å². The maximum absolute atomic E-state index is 10.9. The van der Waals surface area contributed by atoms with Gasteiger partial charge in [-0.25, -0.2) is 4.79 Å². The zero-order valence-corrected chi connectivity index (χ0v) is 12.0. The first-order chi connectivity index (χ1) is 9.54. The van der Waals surface area contributed by atoms with Crippen molar-refractivity contribution in [3.05, 3.63) is 0 Å². The number of ether oxygens (including phenoxy) is 1. The molecule has 2 fully saturated rings. The molecule has 0 radical (unpaired) electrons. The largest absolute Gasteiger partial charge is 0.479 e. The molecular formula is C14H24N2O4. The quantitative estimate of drug-likeness (QED) is 0.767. The Kier molecular flexibility index (Phi) is 5.37. The smallest absolute Gasteiger partial charge is 0.332 e. The molecule has 2 aliphatic heterocycles. The lowest BCUT2D eigenvalue weighted by Crippen LogP contribution is -2.41. The van der Waals surface area contributed by atoms with Crippen molar-refractivity contribution >= 4 is 11.9 Å². The standard InChI is InChI=1S/C14H24N2O4/c1-10(17)15-8-11-4-6-16(7-5-11)9-12-2-3-13(20-12)14(18)19/h11-13H,2-9H2,1H3,(H,15,17)(H,18,19). The normalized spacial score (nSPS) is 28.4. The molecule has 0 aromatic heterocycles. The third kappa shape index (κ3) is 4.45. The maximum Gasteiger partial charge on any atom is 0.332 e. The zero-order valence-electron chi connectivity index (χ0n) is 12.0. The van der Waals surface area contributed by atoms with E-state index in [0.29, 0.717) is 12.3 Å². The molecule has 0 saturated carbocycles. The van der Waals surface area contributed by atoms with Crippen molar-refractivity contribution < 1.29 is 19.4 Å². The van der Waals surface area contributed by atoms with Gasteiger partial charge in [-0.3, -0.25) is 4.79 Å². The second-order valence-corrected chi connectivity index (χ2v) is 5.84. The van der Waals surface area contributed by atoms with Crippen molar-refractivity contribution in [3.8, 4) is 0 Å². The first-order valence-electron chi connectivity index (χ1n) is 7.39. The van der Waals surface area contributed by atoms with Crippen LogP contribution in [-0.2, 0) is 14.3 Å². The van der Waals surface area contributed by atoms with Crippen molar-refractivity contribution in [1.29, 1.82) is 0 Å². The van der Waals surface area contributed by atoms with Gasteiger partial charge >= 0.3 is 5.97 Å². The molecule has 0 aliphatic carbocycles. The minimum atomic E-state index is -0.846. The van der Waals surface area contributed by atoms with Gasteiger partial charge in [-0.15, -0.1) is 0 Å². The van der Waals surface area contributed by atoms with Crippen LogP contribution in [0.3, 0.4) is 0 Å². The Morgan fingerprint density at radius 2 is 1.95 bits per heavy atom. The summed E-state index contributed by atoms with van der Waals surface area (Å²) >= 11 is 0. The maximum atomic E-state index is 10.9. The number of hydrogen-bond donors (Lipinski definition) is 2. The van der Waals surface area contributed by atoms with Crippen LogP contribution in [-0.4, -0.2) is 60.3 Å². The lowest BCUT2D eigenvalue weighted by Gasteiger charge is -2.33. The predicted octanol–water partition coefficient (Wildman–Crippen LogP) is 0.467. The van der Waals surface area contributed by atoms with E-state index in [1.807, 2.05) is 0 Å². The van der Waals surface area contributed by atoms with Gasteiger partial charge in [0.15, 0.2) is 6.10 Å². The summed E-state index contributed by atoms with van der Waals surface area (Å²) in [6, 6.07) is 0. The molecule has 114 valence electrons. The molecule has 2 heterocycles. The lowest BCUT2D eigenvalue weighted by molar-refractivity contribution is -0.149. The van der Waals surface area contributed by atoms with Crippen LogP contribution in [0.4, 0.5) is 0 Å². The number of rotatable bonds is 5. The topological polar surface area (TPSA) is 78.9 Å². The number of nitrogens with zero attached hydrogens (tertiary/aromatic N) is 1. The van der Waals surface area contributed by atoms with E-state index in [2.05, 4.69) is 10.2 Å². The van der Waals surface area contributed by atoms with E-state index in [9.17, 15) is 9.59 Å². The molecule has 0 aromatic carbocycles. The molecule has 0 bridgehead atoms. The number of piperidine rings is 1. The second-order valence-electron chi connectivity index (χ2n) is 5.84. The first-order valence-corrected chi connectivity index (χ1v) is 7.39. The summed E-state index contributed by atoms with van der Waals surface area (Å²) in [5.41, 5.74) is 0. The number of carbonyl (C=O) groups is 2. The van der Waals surface area contributed by atoms with E-state index < -0.39 is 12.1 Å². The molecule has 2 saturated heterocycles. The Morgan fingerprint density at radius 1 is 1.25 bits per heavy atom. The lowest BCUT2D eigenvalue weighted by atomic mass is 9.96. The molecule has 2 atom stereocenters. The van der Waals surface area contributed by atoms with Crippen molar-refractivity contribution in [2.75, 3.05) is 26.2 Å². The molecule has 2 aliphatic rings.